The van der Waals surface area contributed by atoms with Crippen molar-refractivity contribution in [1.82, 2.24) is 5.32 Å². The van der Waals surface area contributed by atoms with Crippen LogP contribution in [0.5, 0.6) is 5.75 Å². The van der Waals surface area contributed by atoms with Gasteiger partial charge in [0, 0.05) is 44.4 Å². The van der Waals surface area contributed by atoms with Gasteiger partial charge in [-0.15, -0.1) is 0 Å². The van der Waals surface area contributed by atoms with Crippen LogP contribution in [0.15, 0.2) is 48.5 Å². The molecule has 0 radical (unpaired) electrons. The van der Waals surface area contributed by atoms with Gasteiger partial charge in [0.1, 0.15) is 17.4 Å². The van der Waals surface area contributed by atoms with Crippen LogP contribution in [0.4, 0.5) is 8.78 Å². The van der Waals surface area contributed by atoms with Crippen molar-refractivity contribution >= 4 is 17.3 Å². The number of benzene rings is 2. The Hall–Kier alpha value is -1.56. The average molecular weight is 591 g/mol. The molecule has 0 amide bonds. The summed E-state index contributed by atoms with van der Waals surface area (Å²) in [5.41, 5.74) is -0.328. The van der Waals surface area contributed by atoms with Crippen LogP contribution in [0.2, 0.25) is 0 Å². The van der Waals surface area contributed by atoms with E-state index in [9.17, 15) is 8.78 Å². The Kier molecular flexibility index (Phi) is 10.7. The Bertz CT molecular complexity index is 783. The molecule has 2 saturated heterocycles. The number of para-hydroxylation sites is 1. The molecular weight excluding hydrogens is 566 g/mol. The van der Waals surface area contributed by atoms with E-state index in [1.165, 1.54) is 12.1 Å². The molecule has 2 unspecified atom stereocenters. The molecule has 2 aliphatic heterocycles. The van der Waals surface area contributed by atoms with E-state index in [-0.39, 0.29) is 27.0 Å². The monoisotopic (exact) mass is 591 g/mol. The average Bonchev–Trinajstić information content (AvgIpc) is 2.70. The summed E-state index contributed by atoms with van der Waals surface area (Å²) in [4.78, 5) is 0. The minimum atomic E-state index is -0.727. The third-order valence-corrected chi connectivity index (χ3v) is 4.82. The maximum absolute atomic E-state index is 14.1. The molecule has 2 fully saturated rings. The van der Waals surface area contributed by atoms with Gasteiger partial charge in [0.2, 0.25) is 0 Å². The van der Waals surface area contributed by atoms with Gasteiger partial charge < -0.3 is 20.5 Å². The topological polar surface area (TPSA) is 55.6 Å². The molecule has 2 N–H and O–H groups in total. The van der Waals surface area contributed by atoms with Crippen LogP contribution in [0.1, 0.15) is 25.8 Å². The third kappa shape index (κ3) is 6.46. The van der Waals surface area contributed by atoms with Crippen molar-refractivity contribution in [3.05, 3.63) is 71.0 Å². The van der Waals surface area contributed by atoms with E-state index < -0.39 is 17.2 Å². The molecule has 2 atom stereocenters. The molecule has 8 heteroatoms. The van der Waals surface area contributed by atoms with E-state index in [2.05, 4.69) is 10.6 Å². The van der Waals surface area contributed by atoms with Crippen molar-refractivity contribution in [3.8, 4) is 5.75 Å². The molecule has 2 heterocycles. The molecule has 0 spiro atoms. The largest absolute Gasteiger partial charge is 0.508 e. The second-order valence-corrected chi connectivity index (χ2v) is 6.63. The predicted molar refractivity (Wildman–Crippen MR) is 110 cm³/mol. The minimum Gasteiger partial charge on any atom is -0.508 e. The summed E-state index contributed by atoms with van der Waals surface area (Å²) in [6.07, 6.45) is 0.774. The van der Waals surface area contributed by atoms with Crippen LogP contribution in [-0.2, 0) is 31.3 Å². The SMILES string of the molecule is CC.Fc1ccc(C23COCCC2C[N-]C(=S)N3)c(F)c1.Oc1ccccc1.[W]. The standard InChI is InChI=1S/C13H14F2N2OS.C6H6O.C2H6.W/c14-9-1-2-10(11(15)5-9)13-7-18-4-3-8(13)6-16-12(19)17-13;7-6-4-2-1-3-5-6;1-2;/h1-2,5,8H,3-4,6-7H2,(H2,16,17,19);1-5,7H;1-2H3;/p-1. The summed E-state index contributed by atoms with van der Waals surface area (Å²) >= 11 is 5.09. The fraction of sp³-hybridized carbons (Fsp3) is 0.381. The van der Waals surface area contributed by atoms with Crippen molar-refractivity contribution in [2.24, 2.45) is 5.92 Å². The summed E-state index contributed by atoms with van der Waals surface area (Å²) < 4.78 is 32.7. The van der Waals surface area contributed by atoms with E-state index in [4.69, 9.17) is 22.1 Å². The number of aromatic hydroxyl groups is 1. The van der Waals surface area contributed by atoms with Crippen molar-refractivity contribution in [1.29, 1.82) is 0 Å². The second kappa shape index (κ2) is 12.2. The van der Waals surface area contributed by atoms with E-state index in [1.807, 2.05) is 19.9 Å². The molecule has 2 aliphatic rings. The molecule has 2 aromatic rings. The Morgan fingerprint density at radius 3 is 2.45 bits per heavy atom. The van der Waals surface area contributed by atoms with Gasteiger partial charge in [-0.1, -0.05) is 50.3 Å². The van der Waals surface area contributed by atoms with Gasteiger partial charge in [0.15, 0.2) is 0 Å². The fourth-order valence-corrected chi connectivity index (χ4v) is 3.53. The molecule has 0 saturated carbocycles. The van der Waals surface area contributed by atoms with Crippen LogP contribution in [0, 0.1) is 17.6 Å². The van der Waals surface area contributed by atoms with Gasteiger partial charge in [-0.05, 0) is 42.6 Å². The molecule has 29 heavy (non-hydrogen) atoms. The third-order valence-electron chi connectivity index (χ3n) is 4.59. The smallest absolute Gasteiger partial charge is 0.129 e. The molecule has 0 bridgehead atoms. The van der Waals surface area contributed by atoms with Gasteiger partial charge in [-0.25, -0.2) is 8.78 Å². The van der Waals surface area contributed by atoms with Gasteiger partial charge in [-0.2, -0.15) is 0 Å². The van der Waals surface area contributed by atoms with Crippen molar-refractivity contribution in [3.63, 3.8) is 0 Å². The number of ether oxygens (including phenoxy) is 1. The van der Waals surface area contributed by atoms with E-state index in [1.54, 1.807) is 24.3 Å². The summed E-state index contributed by atoms with van der Waals surface area (Å²) in [5, 5.41) is 16.3. The second-order valence-electron chi connectivity index (χ2n) is 6.24. The first-order chi connectivity index (χ1) is 13.5. The Labute approximate surface area is 190 Å². The van der Waals surface area contributed by atoms with Crippen LogP contribution in [0.25, 0.3) is 5.32 Å². The number of hydrogen-bond acceptors (Lipinski definition) is 3. The molecule has 2 aromatic carbocycles. The van der Waals surface area contributed by atoms with E-state index in [0.717, 1.165) is 12.5 Å². The van der Waals surface area contributed by atoms with E-state index >= 15 is 0 Å². The number of nitrogens with one attached hydrogen (secondary N) is 1. The minimum absolute atomic E-state index is 0. The summed E-state index contributed by atoms with van der Waals surface area (Å²) in [6.45, 7) is 5.49. The number of rotatable bonds is 1. The van der Waals surface area contributed by atoms with Crippen LogP contribution in [0.3, 0.4) is 0 Å². The first kappa shape index (κ1) is 25.5. The maximum Gasteiger partial charge on any atom is 0.129 e. The van der Waals surface area contributed by atoms with Crippen molar-refractivity contribution < 1.29 is 39.7 Å². The molecular formula is C21H25F2N2O2SW-. The zero-order valence-electron chi connectivity index (χ0n) is 16.4. The van der Waals surface area contributed by atoms with Gasteiger partial charge >= 0.3 is 0 Å². The first-order valence-electron chi connectivity index (χ1n) is 9.28. The summed E-state index contributed by atoms with van der Waals surface area (Å²) in [7, 11) is 0. The molecule has 158 valence electrons. The number of phenols is 1. The predicted octanol–water partition coefficient (Wildman–Crippen LogP) is 4.87. The number of fused-ring (bicyclic) bond motifs is 1. The van der Waals surface area contributed by atoms with Crippen LogP contribution < -0.4 is 5.32 Å². The molecule has 4 nitrogen and oxygen atoms in total. The van der Waals surface area contributed by atoms with Gasteiger partial charge in [-0.3, -0.25) is 0 Å². The van der Waals surface area contributed by atoms with Gasteiger partial charge in [0.05, 0.1) is 6.61 Å². The Balaban J connectivity index is 0.000000356. The Morgan fingerprint density at radius 2 is 1.86 bits per heavy atom. The van der Waals surface area contributed by atoms with Gasteiger partial charge in [0.25, 0.3) is 0 Å². The number of nitrogens with zero attached hydrogens (tertiary/aromatic N) is 1. The Morgan fingerprint density at radius 1 is 1.17 bits per heavy atom. The van der Waals surface area contributed by atoms with E-state index in [0.29, 0.717) is 36.2 Å². The first-order valence-corrected chi connectivity index (χ1v) is 9.69. The van der Waals surface area contributed by atoms with Crippen molar-refractivity contribution in [2.45, 2.75) is 25.8 Å². The maximum atomic E-state index is 14.1. The molecule has 0 aromatic heterocycles. The number of hydrogen-bond donors (Lipinski definition) is 2. The zero-order valence-corrected chi connectivity index (χ0v) is 20.1. The summed E-state index contributed by atoms with van der Waals surface area (Å²) in [6, 6.07) is 12.3. The number of thiocarbonyl (C=S) groups is 1. The number of halogens is 2. The summed E-state index contributed by atoms with van der Waals surface area (Å²) in [5.74, 6) is -0.739. The normalized spacial score (nSPS) is 22.1. The van der Waals surface area contributed by atoms with Crippen LogP contribution in [-0.4, -0.2) is 30.0 Å². The van der Waals surface area contributed by atoms with Crippen LogP contribution >= 0.6 is 12.2 Å². The molecule has 4 rings (SSSR count). The molecule has 0 aliphatic carbocycles. The fourth-order valence-electron chi connectivity index (χ4n) is 3.28. The zero-order chi connectivity index (χ0) is 20.6. The number of phenolic OH excluding ortho intramolecular Hbond substituents is 1. The quantitative estimate of drug-likeness (QED) is 0.465. The van der Waals surface area contributed by atoms with Crippen molar-refractivity contribution in [2.75, 3.05) is 19.8 Å².